The Bertz CT molecular complexity index is 859. The van der Waals surface area contributed by atoms with Gasteiger partial charge in [-0.1, -0.05) is 0 Å². The van der Waals surface area contributed by atoms with Crippen molar-refractivity contribution in [3.63, 3.8) is 0 Å². The van der Waals surface area contributed by atoms with E-state index in [2.05, 4.69) is 0 Å². The molecular formula is C24H47FN6O11. The number of aliphatic hydroxyl groups is 5. The summed E-state index contributed by atoms with van der Waals surface area (Å²) in [7, 11) is 0. The molecule has 18 atom stereocenters. The molecule has 1 unspecified atom stereocenters. The fourth-order valence-corrected chi connectivity index (χ4v) is 5.85. The molecule has 3 aliphatic heterocycles. The SMILES string of the molecule is NC[C@@H]1O[C@H](O[C@H]2[C@@H](O)[C@H](OC3[C@@H](O)[C@H](N)C[C@H](N)[C@H]3O[C@H]3O[C@H]([C@H](N)CF)CC[C@H]3N)O[C@@H]2CO)[C@H](N)[C@@H](O)[C@@H]1O. The molecule has 0 bridgehead atoms. The summed E-state index contributed by atoms with van der Waals surface area (Å²) < 4.78 is 48.3. The van der Waals surface area contributed by atoms with E-state index < -0.39 is 123 Å². The maximum absolute atomic E-state index is 13.2. The Hall–Kier alpha value is -0.750. The highest BCUT2D eigenvalue weighted by Crippen LogP contribution is 2.34. The van der Waals surface area contributed by atoms with Crippen molar-refractivity contribution in [3.8, 4) is 0 Å². The van der Waals surface area contributed by atoms with Crippen LogP contribution in [0.5, 0.6) is 0 Å². The van der Waals surface area contributed by atoms with Crippen LogP contribution in [0, 0.1) is 0 Å². The van der Waals surface area contributed by atoms with Gasteiger partial charge in [0.15, 0.2) is 18.9 Å². The molecule has 18 heteroatoms. The number of nitrogens with two attached hydrogens (primary N) is 6. The van der Waals surface area contributed by atoms with Gasteiger partial charge in [0.2, 0.25) is 0 Å². The Balaban J connectivity index is 1.48. The summed E-state index contributed by atoms with van der Waals surface area (Å²) in [6, 6.07) is -4.31. The third kappa shape index (κ3) is 7.05. The lowest BCUT2D eigenvalue weighted by Crippen LogP contribution is -2.65. The van der Waals surface area contributed by atoms with Crippen molar-refractivity contribution in [1.82, 2.24) is 0 Å². The average molecular weight is 615 g/mol. The van der Waals surface area contributed by atoms with Crippen LogP contribution in [0.3, 0.4) is 0 Å². The first kappa shape index (κ1) is 34.1. The Morgan fingerprint density at radius 2 is 1.36 bits per heavy atom. The van der Waals surface area contributed by atoms with Crippen molar-refractivity contribution in [1.29, 1.82) is 0 Å². The van der Waals surface area contributed by atoms with Gasteiger partial charge in [-0.2, -0.15) is 0 Å². The molecule has 42 heavy (non-hydrogen) atoms. The van der Waals surface area contributed by atoms with E-state index in [1.807, 2.05) is 0 Å². The quantitative estimate of drug-likeness (QED) is 0.109. The number of alkyl halides is 1. The predicted molar refractivity (Wildman–Crippen MR) is 140 cm³/mol. The summed E-state index contributed by atoms with van der Waals surface area (Å²) in [5.74, 6) is 0. The van der Waals surface area contributed by atoms with Gasteiger partial charge in [0.1, 0.15) is 55.5 Å². The van der Waals surface area contributed by atoms with Crippen molar-refractivity contribution in [2.24, 2.45) is 34.4 Å². The Labute approximate surface area is 242 Å². The van der Waals surface area contributed by atoms with Gasteiger partial charge in [-0.05, 0) is 19.3 Å². The van der Waals surface area contributed by atoms with E-state index in [0.29, 0.717) is 12.8 Å². The van der Waals surface area contributed by atoms with E-state index in [1.54, 1.807) is 0 Å². The van der Waals surface area contributed by atoms with Crippen LogP contribution in [0.1, 0.15) is 19.3 Å². The molecule has 0 aromatic carbocycles. The van der Waals surface area contributed by atoms with Crippen LogP contribution >= 0.6 is 0 Å². The molecule has 4 fully saturated rings. The standard InChI is InChI=1S/C24H47FN6O11/c25-4-10(30)11-2-1-7(27)22(37-11)40-19-9(29)3-8(28)15(33)21(19)42-24-18(36)20(13(6-32)39-24)41-23-14(31)17(35)16(34)12(5-26)38-23/h7-24,32-36H,1-6,26-31H2/t7-,8-,9+,10-,11+,12+,13-,14-,15+,16-,17-,18-,19-,20-,21?,22-,23-,24+/m1/s1. The lowest BCUT2D eigenvalue weighted by Gasteiger charge is -2.46. The fraction of sp³-hybridized carbons (Fsp3) is 1.00. The summed E-state index contributed by atoms with van der Waals surface area (Å²) in [5.41, 5.74) is 36.1. The van der Waals surface area contributed by atoms with E-state index in [1.165, 1.54) is 0 Å². The second kappa shape index (κ2) is 14.6. The topological polar surface area (TPSA) is 313 Å². The fourth-order valence-electron chi connectivity index (χ4n) is 5.85. The zero-order valence-corrected chi connectivity index (χ0v) is 23.2. The van der Waals surface area contributed by atoms with Crippen LogP contribution in [-0.4, -0.2) is 155 Å². The normalized spacial score (nSPS) is 51.0. The van der Waals surface area contributed by atoms with Crippen molar-refractivity contribution < 1.29 is 58.3 Å². The van der Waals surface area contributed by atoms with E-state index in [-0.39, 0.29) is 13.0 Å². The minimum atomic E-state index is -1.57. The molecule has 4 aliphatic rings. The first-order valence-electron chi connectivity index (χ1n) is 14.2. The maximum Gasteiger partial charge on any atom is 0.187 e. The Kier molecular flexibility index (Phi) is 11.8. The molecule has 0 spiro atoms. The van der Waals surface area contributed by atoms with Crippen molar-refractivity contribution in [2.75, 3.05) is 19.8 Å². The molecular weight excluding hydrogens is 567 g/mol. The first-order chi connectivity index (χ1) is 19.9. The first-order valence-corrected chi connectivity index (χ1v) is 14.2. The highest BCUT2D eigenvalue weighted by molar-refractivity contribution is 5.01. The van der Waals surface area contributed by atoms with Gasteiger partial charge in [0.25, 0.3) is 0 Å². The zero-order chi connectivity index (χ0) is 30.9. The van der Waals surface area contributed by atoms with Gasteiger partial charge < -0.3 is 88.4 Å². The molecule has 3 saturated heterocycles. The largest absolute Gasteiger partial charge is 0.394 e. The molecule has 0 aromatic rings. The number of rotatable bonds is 10. The van der Waals surface area contributed by atoms with Gasteiger partial charge in [-0.15, -0.1) is 0 Å². The Morgan fingerprint density at radius 1 is 0.714 bits per heavy atom. The number of halogens is 1. The third-order valence-corrected chi connectivity index (χ3v) is 8.49. The molecule has 17 N–H and O–H groups in total. The van der Waals surface area contributed by atoms with Crippen LogP contribution in [0.4, 0.5) is 4.39 Å². The monoisotopic (exact) mass is 614 g/mol. The van der Waals surface area contributed by atoms with Gasteiger partial charge in [0.05, 0.1) is 36.9 Å². The van der Waals surface area contributed by atoms with Crippen LogP contribution in [0.15, 0.2) is 0 Å². The van der Waals surface area contributed by atoms with Crippen LogP contribution in [0.2, 0.25) is 0 Å². The van der Waals surface area contributed by atoms with Crippen LogP contribution < -0.4 is 34.4 Å². The lowest BCUT2D eigenvalue weighted by molar-refractivity contribution is -0.290. The molecule has 0 amide bonds. The average Bonchev–Trinajstić information content (AvgIpc) is 3.27. The smallest absolute Gasteiger partial charge is 0.187 e. The van der Waals surface area contributed by atoms with E-state index in [0.717, 1.165) is 0 Å². The van der Waals surface area contributed by atoms with Crippen LogP contribution in [0.25, 0.3) is 0 Å². The van der Waals surface area contributed by atoms with Gasteiger partial charge in [-0.3, -0.25) is 0 Å². The number of hydrogen-bond donors (Lipinski definition) is 11. The molecule has 1 aliphatic carbocycles. The zero-order valence-electron chi connectivity index (χ0n) is 23.2. The molecule has 4 rings (SSSR count). The summed E-state index contributed by atoms with van der Waals surface area (Å²) in [6.07, 6.45) is -15.0. The number of ether oxygens (including phenoxy) is 6. The molecule has 17 nitrogen and oxygen atoms in total. The third-order valence-electron chi connectivity index (χ3n) is 8.49. The van der Waals surface area contributed by atoms with Gasteiger partial charge in [0, 0.05) is 18.6 Å². The van der Waals surface area contributed by atoms with Crippen LogP contribution in [-0.2, 0) is 28.4 Å². The summed E-state index contributed by atoms with van der Waals surface area (Å²) in [4.78, 5) is 0. The number of aliphatic hydroxyl groups excluding tert-OH is 5. The van der Waals surface area contributed by atoms with Crippen molar-refractivity contribution in [3.05, 3.63) is 0 Å². The molecule has 246 valence electrons. The summed E-state index contributed by atoms with van der Waals surface area (Å²) in [5, 5.41) is 52.5. The van der Waals surface area contributed by atoms with Gasteiger partial charge in [-0.25, -0.2) is 4.39 Å². The maximum atomic E-state index is 13.2. The molecule has 3 heterocycles. The second-order valence-electron chi connectivity index (χ2n) is 11.5. The van der Waals surface area contributed by atoms with Crippen molar-refractivity contribution >= 4 is 0 Å². The van der Waals surface area contributed by atoms with E-state index >= 15 is 0 Å². The Morgan fingerprint density at radius 3 is 2.00 bits per heavy atom. The minimum absolute atomic E-state index is 0.146. The predicted octanol–water partition coefficient (Wildman–Crippen LogP) is -6.50. The highest BCUT2D eigenvalue weighted by Gasteiger charge is 2.53. The highest BCUT2D eigenvalue weighted by atomic mass is 19.1. The minimum Gasteiger partial charge on any atom is -0.394 e. The molecule has 1 saturated carbocycles. The van der Waals surface area contributed by atoms with E-state index in [4.69, 9.17) is 62.8 Å². The second-order valence-corrected chi connectivity index (χ2v) is 11.5. The van der Waals surface area contributed by atoms with Crippen molar-refractivity contribution in [2.45, 2.75) is 129 Å². The van der Waals surface area contributed by atoms with E-state index in [9.17, 15) is 29.9 Å². The van der Waals surface area contributed by atoms with Gasteiger partial charge >= 0.3 is 0 Å². The number of hydrogen-bond acceptors (Lipinski definition) is 17. The summed E-state index contributed by atoms with van der Waals surface area (Å²) in [6.45, 7) is -1.58. The molecule has 0 aromatic heterocycles. The lowest BCUT2D eigenvalue weighted by atomic mass is 9.84. The summed E-state index contributed by atoms with van der Waals surface area (Å²) >= 11 is 0. The molecule has 0 radical (unpaired) electrons.